The van der Waals surface area contributed by atoms with Gasteiger partial charge in [0.1, 0.15) is 0 Å². The number of thiol groups is 1. The van der Waals surface area contributed by atoms with Crippen molar-refractivity contribution in [1.82, 2.24) is 4.90 Å². The van der Waals surface area contributed by atoms with Gasteiger partial charge in [-0.15, -0.1) is 12.6 Å². The summed E-state index contributed by atoms with van der Waals surface area (Å²) in [4.78, 5) is 2.08. The molecule has 2 aromatic rings. The van der Waals surface area contributed by atoms with Crippen LogP contribution < -0.4 is 0 Å². The van der Waals surface area contributed by atoms with Crippen molar-refractivity contribution in [2.45, 2.75) is 6.04 Å². The zero-order valence-electron chi connectivity index (χ0n) is 11.1. The van der Waals surface area contributed by atoms with E-state index >= 15 is 0 Å². The molecule has 0 aliphatic heterocycles. The highest BCUT2D eigenvalue weighted by Gasteiger charge is 2.16. The van der Waals surface area contributed by atoms with Gasteiger partial charge >= 0.3 is 0 Å². The molecule has 1 atom stereocenters. The van der Waals surface area contributed by atoms with Crippen LogP contribution in [0.25, 0.3) is 11.1 Å². The standard InChI is InChI=1S/C16H17NS2/c1-17(2)15(16(18)19)14-10-8-13(9-11-14)12-6-4-3-5-7-12/h3-11,15H,1-2H3,(H,18,19). The Morgan fingerprint density at radius 2 is 1.47 bits per heavy atom. The second kappa shape index (κ2) is 6.33. The number of nitrogens with zero attached hydrogens (tertiary/aromatic N) is 1. The summed E-state index contributed by atoms with van der Waals surface area (Å²) in [6.45, 7) is 0. The van der Waals surface area contributed by atoms with E-state index in [-0.39, 0.29) is 6.04 Å². The third kappa shape index (κ3) is 3.44. The number of hydrogen-bond acceptors (Lipinski definition) is 2. The molecule has 0 amide bonds. The molecule has 0 saturated heterocycles. The van der Waals surface area contributed by atoms with E-state index in [1.54, 1.807) is 0 Å². The van der Waals surface area contributed by atoms with Crippen molar-refractivity contribution in [2.24, 2.45) is 0 Å². The van der Waals surface area contributed by atoms with Gasteiger partial charge in [0.25, 0.3) is 0 Å². The van der Waals surface area contributed by atoms with Gasteiger partial charge in [0, 0.05) is 0 Å². The van der Waals surface area contributed by atoms with Crippen LogP contribution in [0, 0.1) is 0 Å². The fourth-order valence-corrected chi connectivity index (χ4v) is 2.88. The molecule has 0 N–H and O–H groups in total. The van der Waals surface area contributed by atoms with E-state index < -0.39 is 0 Å². The third-order valence-electron chi connectivity index (χ3n) is 3.08. The Balaban J connectivity index is 2.30. The van der Waals surface area contributed by atoms with Crippen LogP contribution in [0.4, 0.5) is 0 Å². The zero-order chi connectivity index (χ0) is 13.8. The molecule has 2 rings (SSSR count). The molecular formula is C16H17NS2. The summed E-state index contributed by atoms with van der Waals surface area (Å²) in [5.74, 6) is 0. The first-order valence-electron chi connectivity index (χ1n) is 6.14. The minimum absolute atomic E-state index is 0.0724. The average molecular weight is 287 g/mol. The molecule has 2 aromatic carbocycles. The average Bonchev–Trinajstić information content (AvgIpc) is 2.40. The lowest BCUT2D eigenvalue weighted by Crippen LogP contribution is -2.23. The molecule has 0 spiro atoms. The molecule has 0 radical (unpaired) electrons. The topological polar surface area (TPSA) is 3.24 Å². The number of thiocarbonyl (C=S) groups is 1. The molecule has 0 aromatic heterocycles. The summed E-state index contributed by atoms with van der Waals surface area (Å²) >= 11 is 9.55. The predicted molar refractivity (Wildman–Crippen MR) is 89.9 cm³/mol. The van der Waals surface area contributed by atoms with Gasteiger partial charge in [-0.3, -0.25) is 4.90 Å². The normalized spacial score (nSPS) is 12.4. The van der Waals surface area contributed by atoms with Crippen molar-refractivity contribution >= 4 is 29.0 Å². The summed E-state index contributed by atoms with van der Waals surface area (Å²) in [6, 6.07) is 18.9. The molecule has 19 heavy (non-hydrogen) atoms. The van der Waals surface area contributed by atoms with E-state index in [2.05, 4.69) is 66.1 Å². The summed E-state index contributed by atoms with van der Waals surface area (Å²) < 4.78 is 0.692. The Hall–Kier alpha value is -1.16. The third-order valence-corrected chi connectivity index (χ3v) is 3.55. The minimum Gasteiger partial charge on any atom is -0.297 e. The molecule has 98 valence electrons. The molecule has 0 saturated carbocycles. The number of hydrogen-bond donors (Lipinski definition) is 1. The first kappa shape index (κ1) is 14.3. The number of benzene rings is 2. The first-order valence-corrected chi connectivity index (χ1v) is 7.00. The van der Waals surface area contributed by atoms with Gasteiger partial charge < -0.3 is 0 Å². The van der Waals surface area contributed by atoms with E-state index in [0.29, 0.717) is 4.20 Å². The Labute approximate surface area is 125 Å². The lowest BCUT2D eigenvalue weighted by Gasteiger charge is -2.23. The maximum atomic E-state index is 5.22. The monoisotopic (exact) mass is 287 g/mol. The van der Waals surface area contributed by atoms with Gasteiger partial charge in [-0.05, 0) is 30.8 Å². The largest absolute Gasteiger partial charge is 0.297 e. The molecule has 0 fully saturated rings. The lowest BCUT2D eigenvalue weighted by atomic mass is 10.0. The molecule has 3 heteroatoms. The van der Waals surface area contributed by atoms with E-state index in [1.807, 2.05) is 20.2 Å². The Kier molecular flexibility index (Phi) is 4.75. The quantitative estimate of drug-likeness (QED) is 0.663. The van der Waals surface area contributed by atoms with Crippen molar-refractivity contribution in [3.8, 4) is 11.1 Å². The van der Waals surface area contributed by atoms with Gasteiger partial charge in [-0.2, -0.15) is 0 Å². The van der Waals surface area contributed by atoms with E-state index in [9.17, 15) is 0 Å². The maximum absolute atomic E-state index is 5.22. The van der Waals surface area contributed by atoms with E-state index in [4.69, 9.17) is 12.2 Å². The Morgan fingerprint density at radius 3 is 1.95 bits per heavy atom. The van der Waals surface area contributed by atoms with Gasteiger partial charge in [-0.1, -0.05) is 66.8 Å². The van der Waals surface area contributed by atoms with Crippen molar-refractivity contribution < 1.29 is 0 Å². The van der Waals surface area contributed by atoms with Gasteiger partial charge in [0.2, 0.25) is 0 Å². The molecule has 1 unspecified atom stereocenters. The van der Waals surface area contributed by atoms with Crippen LogP contribution in [0.15, 0.2) is 54.6 Å². The van der Waals surface area contributed by atoms with Crippen LogP contribution in [0.3, 0.4) is 0 Å². The highest BCUT2D eigenvalue weighted by molar-refractivity contribution is 8.11. The highest BCUT2D eigenvalue weighted by Crippen LogP contribution is 2.25. The van der Waals surface area contributed by atoms with Crippen LogP contribution in [0.2, 0.25) is 0 Å². The van der Waals surface area contributed by atoms with Gasteiger partial charge in [0.15, 0.2) is 0 Å². The molecule has 0 bridgehead atoms. The molecule has 0 heterocycles. The predicted octanol–water partition coefficient (Wildman–Crippen LogP) is 4.21. The van der Waals surface area contributed by atoms with Crippen molar-refractivity contribution in [3.05, 3.63) is 60.2 Å². The smallest absolute Gasteiger partial charge is 0.0758 e. The van der Waals surface area contributed by atoms with Crippen LogP contribution >= 0.6 is 24.8 Å². The van der Waals surface area contributed by atoms with E-state index in [1.165, 1.54) is 16.7 Å². The van der Waals surface area contributed by atoms with Crippen molar-refractivity contribution in [1.29, 1.82) is 0 Å². The SMILES string of the molecule is CN(C)C(C(=S)S)c1ccc(-c2ccccc2)cc1. The van der Waals surface area contributed by atoms with Gasteiger partial charge in [0.05, 0.1) is 10.2 Å². The Bertz CT molecular complexity index is 547. The maximum Gasteiger partial charge on any atom is 0.0758 e. The molecule has 0 aliphatic rings. The molecule has 1 nitrogen and oxygen atoms in total. The zero-order valence-corrected chi connectivity index (χ0v) is 12.8. The first-order chi connectivity index (χ1) is 9.09. The van der Waals surface area contributed by atoms with Crippen molar-refractivity contribution in [3.63, 3.8) is 0 Å². The molecular weight excluding hydrogens is 270 g/mol. The summed E-state index contributed by atoms with van der Waals surface area (Å²) in [7, 11) is 4.02. The molecule has 0 aliphatic carbocycles. The Morgan fingerprint density at radius 1 is 0.947 bits per heavy atom. The highest BCUT2D eigenvalue weighted by atomic mass is 32.1. The van der Waals surface area contributed by atoms with Crippen molar-refractivity contribution in [2.75, 3.05) is 14.1 Å². The fourth-order valence-electron chi connectivity index (χ4n) is 2.15. The van der Waals surface area contributed by atoms with Crippen LogP contribution in [0.5, 0.6) is 0 Å². The second-order valence-electron chi connectivity index (χ2n) is 4.69. The summed E-state index contributed by atoms with van der Waals surface area (Å²) in [6.07, 6.45) is 0. The second-order valence-corrected chi connectivity index (χ2v) is 5.92. The fraction of sp³-hybridized carbons (Fsp3) is 0.188. The number of rotatable bonds is 4. The van der Waals surface area contributed by atoms with Crippen LogP contribution in [-0.2, 0) is 0 Å². The lowest BCUT2D eigenvalue weighted by molar-refractivity contribution is 0.375. The van der Waals surface area contributed by atoms with Crippen LogP contribution in [0.1, 0.15) is 11.6 Å². The van der Waals surface area contributed by atoms with Gasteiger partial charge in [-0.25, -0.2) is 0 Å². The van der Waals surface area contributed by atoms with E-state index in [0.717, 1.165) is 0 Å². The minimum atomic E-state index is 0.0724. The van der Waals surface area contributed by atoms with Crippen LogP contribution in [-0.4, -0.2) is 23.2 Å². The summed E-state index contributed by atoms with van der Waals surface area (Å²) in [5, 5.41) is 0. The summed E-state index contributed by atoms with van der Waals surface area (Å²) in [5.41, 5.74) is 3.61.